The Morgan fingerprint density at radius 2 is 0.364 bits per heavy atom. The Labute approximate surface area is 222 Å². The fraction of sp³-hybridized carbons (Fsp3) is 1.00. The van der Waals surface area contributed by atoms with Gasteiger partial charge in [0.05, 0.1) is 0 Å². The SMILES string of the molecule is CC(C)(C)O[PH+](OC(C)(C)C)OC(C)(C)C.CC(C)(C)O[PH+](OC(C)(C)C)OC(C)(C)C.[Pd]. The summed E-state index contributed by atoms with van der Waals surface area (Å²) in [6.45, 7) is 36.2. The maximum Gasteiger partial charge on any atom is 0.399 e. The van der Waals surface area contributed by atoms with Gasteiger partial charge < -0.3 is 0 Å². The van der Waals surface area contributed by atoms with Crippen LogP contribution in [0.5, 0.6) is 0 Å². The first-order chi connectivity index (χ1) is 13.6. The Bertz CT molecular complexity index is 394. The molecule has 0 fully saturated rings. The fourth-order valence-electron chi connectivity index (χ4n) is 1.63. The molecule has 0 aliphatic rings. The van der Waals surface area contributed by atoms with Crippen LogP contribution in [0.4, 0.5) is 0 Å². The van der Waals surface area contributed by atoms with E-state index in [1.54, 1.807) is 0 Å². The Hall–Kier alpha value is 1.28. The van der Waals surface area contributed by atoms with Crippen LogP contribution in [0.25, 0.3) is 0 Å². The van der Waals surface area contributed by atoms with Gasteiger partial charge in [-0.3, -0.25) is 0 Å². The zero-order valence-corrected chi connectivity index (χ0v) is 28.3. The maximum atomic E-state index is 5.85. The van der Waals surface area contributed by atoms with Crippen LogP contribution in [0.1, 0.15) is 125 Å². The molecule has 6 nitrogen and oxygen atoms in total. The van der Waals surface area contributed by atoms with E-state index in [4.69, 9.17) is 27.1 Å². The van der Waals surface area contributed by atoms with Crippen LogP contribution in [-0.2, 0) is 47.6 Å². The first kappa shape index (κ1) is 38.8. The van der Waals surface area contributed by atoms with Crippen LogP contribution in [0.3, 0.4) is 0 Å². The van der Waals surface area contributed by atoms with Gasteiger partial charge in [0.2, 0.25) is 0 Å². The molecule has 33 heavy (non-hydrogen) atoms. The van der Waals surface area contributed by atoms with Gasteiger partial charge >= 0.3 is 17.2 Å². The molecule has 0 N–H and O–H groups in total. The summed E-state index contributed by atoms with van der Waals surface area (Å²) in [4.78, 5) is 0. The standard InChI is InChI=1S/2C12H28O3P.Pd/c2*1-10(2,3)13-16(14-11(4,5)6)15-12(7,8)9;/h2*16H,1-9H3;/q2*+1;. The summed E-state index contributed by atoms with van der Waals surface area (Å²) in [5.41, 5.74) is -1.47. The molecule has 0 aromatic rings. The predicted molar refractivity (Wildman–Crippen MR) is 142 cm³/mol. The number of hydrogen-bond acceptors (Lipinski definition) is 6. The topological polar surface area (TPSA) is 55.4 Å². The summed E-state index contributed by atoms with van der Waals surface area (Å²) in [7, 11) is -3.43. The molecule has 0 amide bonds. The van der Waals surface area contributed by atoms with E-state index in [0.717, 1.165) is 0 Å². The largest absolute Gasteiger partial charge is 0.399 e. The van der Waals surface area contributed by atoms with Crippen LogP contribution in [0.15, 0.2) is 0 Å². The van der Waals surface area contributed by atoms with E-state index in [-0.39, 0.29) is 54.0 Å². The quantitative estimate of drug-likeness (QED) is 0.222. The van der Waals surface area contributed by atoms with Gasteiger partial charge in [0, 0.05) is 20.4 Å². The normalized spacial score (nSPS) is 14.2. The van der Waals surface area contributed by atoms with Crippen molar-refractivity contribution in [2.75, 3.05) is 0 Å². The predicted octanol–water partition coefficient (Wildman–Crippen LogP) is 8.78. The second-order valence-electron chi connectivity index (χ2n) is 13.8. The smallest absolute Gasteiger partial charge is 0.174 e. The van der Waals surface area contributed by atoms with Gasteiger partial charge in [0.15, 0.2) is 0 Å². The van der Waals surface area contributed by atoms with E-state index in [0.29, 0.717) is 0 Å². The molecule has 0 aliphatic carbocycles. The van der Waals surface area contributed by atoms with Crippen molar-refractivity contribution in [1.29, 1.82) is 0 Å². The van der Waals surface area contributed by atoms with E-state index < -0.39 is 17.2 Å². The molecule has 0 radical (unpaired) electrons. The minimum Gasteiger partial charge on any atom is -0.174 e. The van der Waals surface area contributed by atoms with Crippen molar-refractivity contribution in [3.05, 3.63) is 0 Å². The molecule has 0 bridgehead atoms. The summed E-state index contributed by atoms with van der Waals surface area (Å²) in [6.07, 6.45) is 0. The van der Waals surface area contributed by atoms with Crippen LogP contribution >= 0.6 is 17.2 Å². The van der Waals surface area contributed by atoms with Crippen molar-refractivity contribution in [2.45, 2.75) is 158 Å². The van der Waals surface area contributed by atoms with Crippen LogP contribution < -0.4 is 0 Å². The van der Waals surface area contributed by atoms with E-state index in [1.807, 2.05) is 125 Å². The molecular weight excluding hydrogens is 553 g/mol. The van der Waals surface area contributed by atoms with Gasteiger partial charge in [-0.05, 0) is 125 Å². The molecule has 0 heterocycles. The van der Waals surface area contributed by atoms with Crippen molar-refractivity contribution in [1.82, 2.24) is 0 Å². The van der Waals surface area contributed by atoms with Gasteiger partial charge in [-0.25, -0.2) is 0 Å². The Morgan fingerprint density at radius 3 is 0.424 bits per heavy atom. The van der Waals surface area contributed by atoms with Crippen LogP contribution in [0, 0.1) is 0 Å². The van der Waals surface area contributed by atoms with Crippen molar-refractivity contribution in [2.24, 2.45) is 0 Å². The third-order valence-electron chi connectivity index (χ3n) is 2.34. The zero-order chi connectivity index (χ0) is 26.4. The molecule has 9 heteroatoms. The summed E-state index contributed by atoms with van der Waals surface area (Å²) in [5, 5.41) is 0. The third-order valence-corrected chi connectivity index (χ3v) is 7.01. The van der Waals surface area contributed by atoms with Gasteiger partial charge in [0.25, 0.3) is 0 Å². The van der Waals surface area contributed by atoms with Crippen LogP contribution in [-0.4, -0.2) is 33.6 Å². The van der Waals surface area contributed by atoms with E-state index in [2.05, 4.69) is 0 Å². The molecular formula is C24H56O6P2Pd+2. The third kappa shape index (κ3) is 33.3. The first-order valence-electron chi connectivity index (χ1n) is 11.4. The molecule has 0 saturated carbocycles. The minimum atomic E-state index is -1.72. The van der Waals surface area contributed by atoms with Crippen LogP contribution in [0.2, 0.25) is 0 Å². The molecule has 0 rings (SSSR count). The number of rotatable bonds is 6. The van der Waals surface area contributed by atoms with Crippen molar-refractivity contribution in [3.8, 4) is 0 Å². The van der Waals surface area contributed by atoms with Crippen molar-refractivity contribution >= 4 is 17.2 Å². The molecule has 0 saturated heterocycles. The second-order valence-corrected chi connectivity index (χ2v) is 16.0. The van der Waals surface area contributed by atoms with Gasteiger partial charge in [-0.15, -0.1) is 0 Å². The zero-order valence-electron chi connectivity index (χ0n) is 24.8. The molecule has 0 aromatic heterocycles. The molecule has 0 aliphatic heterocycles. The summed E-state index contributed by atoms with van der Waals surface area (Å²) < 4.78 is 35.1. The van der Waals surface area contributed by atoms with Crippen molar-refractivity contribution < 1.29 is 47.6 Å². The Morgan fingerprint density at radius 1 is 0.273 bits per heavy atom. The average molecular weight is 609 g/mol. The van der Waals surface area contributed by atoms with Gasteiger partial charge in [0.1, 0.15) is 33.6 Å². The number of hydrogen-bond donors (Lipinski definition) is 0. The summed E-state index contributed by atoms with van der Waals surface area (Å²) in [6, 6.07) is 0. The minimum absolute atomic E-state index is 0. The molecule has 206 valence electrons. The Balaban J connectivity index is -0.000000529. The summed E-state index contributed by atoms with van der Waals surface area (Å²) >= 11 is 0. The second kappa shape index (κ2) is 14.3. The summed E-state index contributed by atoms with van der Waals surface area (Å²) in [5.74, 6) is 0. The van der Waals surface area contributed by atoms with E-state index >= 15 is 0 Å². The molecule has 0 aromatic carbocycles. The first-order valence-corrected chi connectivity index (χ1v) is 13.9. The van der Waals surface area contributed by atoms with Gasteiger partial charge in [-0.1, -0.05) is 0 Å². The fourth-order valence-corrected chi connectivity index (χ4v) is 4.88. The molecule has 0 spiro atoms. The Kier molecular flexibility index (Phi) is 16.8. The monoisotopic (exact) mass is 608 g/mol. The average Bonchev–Trinajstić information content (AvgIpc) is 2.24. The molecule has 0 atom stereocenters. The molecule has 0 unspecified atom stereocenters. The van der Waals surface area contributed by atoms with Crippen molar-refractivity contribution in [3.63, 3.8) is 0 Å². The maximum absolute atomic E-state index is 5.85. The van der Waals surface area contributed by atoms with E-state index in [1.165, 1.54) is 0 Å². The van der Waals surface area contributed by atoms with Gasteiger partial charge in [-0.2, -0.15) is 27.1 Å². The van der Waals surface area contributed by atoms with E-state index in [9.17, 15) is 0 Å².